The minimum atomic E-state index is 0.225. The van der Waals surface area contributed by atoms with Gasteiger partial charge in [0.15, 0.2) is 0 Å². The van der Waals surface area contributed by atoms with Gasteiger partial charge in [-0.3, -0.25) is 4.90 Å². The Morgan fingerprint density at radius 1 is 1.53 bits per heavy atom. The normalized spacial score (nSPS) is 27.2. The van der Waals surface area contributed by atoms with Gasteiger partial charge in [0, 0.05) is 23.1 Å². The van der Waals surface area contributed by atoms with Crippen LogP contribution in [0.3, 0.4) is 0 Å². The molecule has 1 aliphatic rings. The molecule has 1 aromatic carbocycles. The lowest BCUT2D eigenvalue weighted by molar-refractivity contribution is 0.304. The topological polar surface area (TPSA) is 29.3 Å². The van der Waals surface area contributed by atoms with Crippen LogP contribution in [0.1, 0.15) is 18.0 Å². The van der Waals surface area contributed by atoms with Gasteiger partial charge in [-0.15, -0.1) is 0 Å². The third kappa shape index (κ3) is 2.21. The molecule has 2 rings (SSSR count). The van der Waals surface area contributed by atoms with Crippen LogP contribution in [0.25, 0.3) is 0 Å². The molecule has 0 amide bonds. The smallest absolute Gasteiger partial charge is 0.0548 e. The molecule has 15 heavy (non-hydrogen) atoms. The highest BCUT2D eigenvalue weighted by molar-refractivity contribution is 9.10. The first-order valence-electron chi connectivity index (χ1n) is 5.00. The fourth-order valence-electron chi connectivity index (χ4n) is 2.17. The van der Waals surface area contributed by atoms with E-state index in [0.717, 1.165) is 22.5 Å². The highest BCUT2D eigenvalue weighted by Crippen LogP contribution is 2.33. The summed E-state index contributed by atoms with van der Waals surface area (Å²) in [7, 11) is 2.11. The molecule has 0 bridgehead atoms. The predicted octanol–water partition coefficient (Wildman–Crippen LogP) is 2.81. The molecule has 4 heteroatoms. The zero-order valence-electron chi connectivity index (χ0n) is 8.58. The molecule has 0 spiro atoms. The van der Waals surface area contributed by atoms with Gasteiger partial charge < -0.3 is 5.73 Å². The Bertz CT molecular complexity index is 360. The average Bonchev–Trinajstić information content (AvgIpc) is 2.52. The van der Waals surface area contributed by atoms with E-state index in [9.17, 15) is 0 Å². The minimum absolute atomic E-state index is 0.225. The van der Waals surface area contributed by atoms with Crippen molar-refractivity contribution >= 4 is 27.5 Å². The Kier molecular flexibility index (Phi) is 3.36. The van der Waals surface area contributed by atoms with Crippen LogP contribution in [0.5, 0.6) is 0 Å². The van der Waals surface area contributed by atoms with Crippen LogP contribution in [0.2, 0.25) is 5.02 Å². The van der Waals surface area contributed by atoms with Crippen LogP contribution < -0.4 is 5.73 Å². The van der Waals surface area contributed by atoms with Gasteiger partial charge in [-0.2, -0.15) is 0 Å². The maximum absolute atomic E-state index is 6.10. The minimum Gasteiger partial charge on any atom is -0.326 e. The SMILES string of the molecule is CN1CCC(N)C1c1ccc(Cl)c(Br)c1. The van der Waals surface area contributed by atoms with Crippen LogP contribution in [0, 0.1) is 0 Å². The fraction of sp³-hybridized carbons (Fsp3) is 0.455. The molecule has 1 aromatic rings. The molecule has 0 aromatic heterocycles. The van der Waals surface area contributed by atoms with Crippen molar-refractivity contribution in [3.63, 3.8) is 0 Å². The number of hydrogen-bond acceptors (Lipinski definition) is 2. The van der Waals surface area contributed by atoms with Crippen molar-refractivity contribution in [3.05, 3.63) is 33.3 Å². The molecule has 1 saturated heterocycles. The maximum atomic E-state index is 6.10. The van der Waals surface area contributed by atoms with E-state index in [-0.39, 0.29) is 6.04 Å². The van der Waals surface area contributed by atoms with Crippen molar-refractivity contribution < 1.29 is 0 Å². The van der Waals surface area contributed by atoms with E-state index in [1.807, 2.05) is 6.07 Å². The number of halogens is 2. The zero-order valence-corrected chi connectivity index (χ0v) is 10.9. The predicted molar refractivity (Wildman–Crippen MR) is 67.1 cm³/mol. The Labute approximate surface area is 104 Å². The van der Waals surface area contributed by atoms with Crippen molar-refractivity contribution in [2.45, 2.75) is 18.5 Å². The molecule has 2 atom stereocenters. The molecule has 2 unspecified atom stereocenters. The molecular weight excluding hydrogens is 275 g/mol. The molecule has 1 aliphatic heterocycles. The van der Waals surface area contributed by atoms with E-state index in [1.54, 1.807) is 0 Å². The summed E-state index contributed by atoms with van der Waals surface area (Å²) in [4.78, 5) is 2.29. The highest BCUT2D eigenvalue weighted by atomic mass is 79.9. The second-order valence-corrected chi connectivity index (χ2v) is 5.31. The molecule has 0 saturated carbocycles. The molecule has 0 aliphatic carbocycles. The van der Waals surface area contributed by atoms with E-state index < -0.39 is 0 Å². The van der Waals surface area contributed by atoms with Crippen molar-refractivity contribution in [1.82, 2.24) is 4.90 Å². The van der Waals surface area contributed by atoms with Gasteiger partial charge in [-0.05, 0) is 47.1 Å². The molecule has 0 radical (unpaired) electrons. The monoisotopic (exact) mass is 288 g/mol. The Morgan fingerprint density at radius 2 is 2.27 bits per heavy atom. The van der Waals surface area contributed by atoms with E-state index in [1.165, 1.54) is 5.56 Å². The quantitative estimate of drug-likeness (QED) is 0.861. The van der Waals surface area contributed by atoms with Crippen molar-refractivity contribution in [2.75, 3.05) is 13.6 Å². The molecule has 1 fully saturated rings. The maximum Gasteiger partial charge on any atom is 0.0548 e. The second kappa shape index (κ2) is 4.42. The lowest BCUT2D eigenvalue weighted by atomic mass is 10.0. The summed E-state index contributed by atoms with van der Waals surface area (Å²) in [6.07, 6.45) is 1.06. The Balaban J connectivity index is 2.32. The second-order valence-electron chi connectivity index (χ2n) is 4.05. The molecule has 1 heterocycles. The zero-order chi connectivity index (χ0) is 11.0. The molecule has 2 nitrogen and oxygen atoms in total. The van der Waals surface area contributed by atoms with Crippen molar-refractivity contribution in [1.29, 1.82) is 0 Å². The summed E-state index contributed by atoms with van der Waals surface area (Å²) in [5.74, 6) is 0. The Hall–Kier alpha value is -0.0900. The first-order valence-corrected chi connectivity index (χ1v) is 6.17. The van der Waals surface area contributed by atoms with Crippen LogP contribution in [0.15, 0.2) is 22.7 Å². The van der Waals surface area contributed by atoms with Gasteiger partial charge in [0.2, 0.25) is 0 Å². The third-order valence-electron chi connectivity index (χ3n) is 2.98. The van der Waals surface area contributed by atoms with Gasteiger partial charge in [-0.25, -0.2) is 0 Å². The Morgan fingerprint density at radius 3 is 2.80 bits per heavy atom. The lowest BCUT2D eigenvalue weighted by Crippen LogP contribution is -2.29. The van der Waals surface area contributed by atoms with Crippen molar-refractivity contribution in [2.24, 2.45) is 5.73 Å². The number of rotatable bonds is 1. The number of likely N-dealkylation sites (N-methyl/N-ethyl adjacent to an activating group) is 1. The molecule has 2 N–H and O–H groups in total. The van der Waals surface area contributed by atoms with Crippen LogP contribution >= 0.6 is 27.5 Å². The molecule has 82 valence electrons. The van der Waals surface area contributed by atoms with Gasteiger partial charge in [0.1, 0.15) is 0 Å². The number of hydrogen-bond donors (Lipinski definition) is 1. The van der Waals surface area contributed by atoms with Crippen LogP contribution in [0.4, 0.5) is 0 Å². The summed E-state index contributed by atoms with van der Waals surface area (Å²) in [6, 6.07) is 6.58. The molecular formula is C11H14BrClN2. The van der Waals surface area contributed by atoms with E-state index in [2.05, 4.69) is 40.0 Å². The van der Waals surface area contributed by atoms with Gasteiger partial charge in [0.25, 0.3) is 0 Å². The summed E-state index contributed by atoms with van der Waals surface area (Å²) in [5, 5.41) is 0.743. The van der Waals surface area contributed by atoms with Crippen LogP contribution in [-0.4, -0.2) is 24.5 Å². The number of benzene rings is 1. The van der Waals surface area contributed by atoms with Gasteiger partial charge in [-0.1, -0.05) is 17.7 Å². The number of likely N-dealkylation sites (tertiary alicyclic amines) is 1. The standard InChI is InChI=1S/C11H14BrClN2/c1-15-5-4-10(14)11(15)7-2-3-9(13)8(12)6-7/h2-3,6,10-11H,4-5,14H2,1H3. The summed E-state index contributed by atoms with van der Waals surface area (Å²) < 4.78 is 0.939. The lowest BCUT2D eigenvalue weighted by Gasteiger charge is -2.23. The van der Waals surface area contributed by atoms with Gasteiger partial charge >= 0.3 is 0 Å². The summed E-state index contributed by atoms with van der Waals surface area (Å²) >= 11 is 9.41. The third-order valence-corrected chi connectivity index (χ3v) is 4.19. The van der Waals surface area contributed by atoms with Gasteiger partial charge in [0.05, 0.1) is 5.02 Å². The fourth-order valence-corrected chi connectivity index (χ4v) is 2.69. The van der Waals surface area contributed by atoms with Crippen LogP contribution in [-0.2, 0) is 0 Å². The summed E-state index contributed by atoms with van der Waals surface area (Å²) in [5.41, 5.74) is 7.33. The first-order chi connectivity index (χ1) is 7.09. The average molecular weight is 290 g/mol. The summed E-state index contributed by atoms with van der Waals surface area (Å²) in [6.45, 7) is 1.06. The van der Waals surface area contributed by atoms with E-state index in [4.69, 9.17) is 17.3 Å². The highest BCUT2D eigenvalue weighted by Gasteiger charge is 2.30. The number of nitrogens with zero attached hydrogens (tertiary/aromatic N) is 1. The number of nitrogens with two attached hydrogens (primary N) is 1. The van der Waals surface area contributed by atoms with E-state index in [0.29, 0.717) is 6.04 Å². The largest absolute Gasteiger partial charge is 0.326 e. The van der Waals surface area contributed by atoms with E-state index >= 15 is 0 Å². The first kappa shape index (κ1) is 11.4. The van der Waals surface area contributed by atoms with Crippen molar-refractivity contribution in [3.8, 4) is 0 Å².